The zero-order chi connectivity index (χ0) is 8.06. The van der Waals surface area contributed by atoms with Gasteiger partial charge in [0, 0.05) is 0 Å². The molecule has 2 heteroatoms. The van der Waals surface area contributed by atoms with Crippen LogP contribution in [0.15, 0.2) is 12.2 Å². The summed E-state index contributed by atoms with van der Waals surface area (Å²) in [5.74, 6) is 0.209. The lowest BCUT2D eigenvalue weighted by atomic mass is 9.78. The Balaban J connectivity index is 2.30. The average molecular weight is 152 g/mol. The zero-order valence-corrected chi connectivity index (χ0v) is 6.58. The van der Waals surface area contributed by atoms with E-state index in [0.717, 1.165) is 12.8 Å². The van der Waals surface area contributed by atoms with Crippen molar-refractivity contribution in [3.05, 3.63) is 12.2 Å². The fraction of sp³-hybridized carbons (Fsp3) is 0.667. The molecular weight excluding hydrogens is 140 g/mol. The van der Waals surface area contributed by atoms with Crippen LogP contribution >= 0.6 is 0 Å². The maximum Gasteiger partial charge on any atom is 0.309 e. The number of carboxylic acids is 1. The predicted molar refractivity (Wildman–Crippen MR) is 41.1 cm³/mol. The van der Waals surface area contributed by atoms with Gasteiger partial charge in [-0.25, -0.2) is 0 Å². The molecule has 0 aliphatic heterocycles. The molecule has 0 spiro atoms. The normalized spacial score (nSPS) is 46.6. The molecule has 0 unspecified atom stereocenters. The van der Waals surface area contributed by atoms with Gasteiger partial charge in [0.05, 0.1) is 5.41 Å². The molecule has 0 amide bonds. The molecule has 0 aromatic carbocycles. The van der Waals surface area contributed by atoms with Gasteiger partial charge in [-0.05, 0) is 31.6 Å². The molecule has 0 aromatic rings. The van der Waals surface area contributed by atoms with E-state index in [-0.39, 0.29) is 0 Å². The molecule has 2 bridgehead atoms. The SMILES string of the molecule is C[C@]1(C(=O)O)C[C@H]2C=C[C@H]1C2. The van der Waals surface area contributed by atoms with Gasteiger partial charge in [-0.1, -0.05) is 12.2 Å². The van der Waals surface area contributed by atoms with Crippen molar-refractivity contribution in [3.8, 4) is 0 Å². The first-order valence-electron chi connectivity index (χ1n) is 4.04. The van der Waals surface area contributed by atoms with Crippen LogP contribution in [0, 0.1) is 17.3 Å². The third-order valence-electron chi connectivity index (χ3n) is 3.17. The van der Waals surface area contributed by atoms with Crippen molar-refractivity contribution in [3.63, 3.8) is 0 Å². The fourth-order valence-electron chi connectivity index (χ4n) is 2.34. The molecule has 0 radical (unpaired) electrons. The molecule has 1 fully saturated rings. The van der Waals surface area contributed by atoms with E-state index in [4.69, 9.17) is 5.11 Å². The summed E-state index contributed by atoms with van der Waals surface area (Å²) < 4.78 is 0. The summed E-state index contributed by atoms with van der Waals surface area (Å²) >= 11 is 0. The van der Waals surface area contributed by atoms with E-state index in [0.29, 0.717) is 11.8 Å². The Morgan fingerprint density at radius 3 is 2.64 bits per heavy atom. The summed E-state index contributed by atoms with van der Waals surface area (Å²) in [6, 6.07) is 0. The lowest BCUT2D eigenvalue weighted by Gasteiger charge is -2.25. The Bertz CT molecular complexity index is 232. The zero-order valence-electron chi connectivity index (χ0n) is 6.58. The Morgan fingerprint density at radius 2 is 2.36 bits per heavy atom. The first-order chi connectivity index (χ1) is 5.13. The average Bonchev–Trinajstić information content (AvgIpc) is 2.45. The van der Waals surface area contributed by atoms with Crippen LogP contribution in [0.3, 0.4) is 0 Å². The van der Waals surface area contributed by atoms with Gasteiger partial charge >= 0.3 is 5.97 Å². The van der Waals surface area contributed by atoms with Crippen molar-refractivity contribution in [1.82, 2.24) is 0 Å². The Hall–Kier alpha value is -0.790. The van der Waals surface area contributed by atoms with Crippen LogP contribution in [-0.4, -0.2) is 11.1 Å². The Labute approximate surface area is 65.9 Å². The molecule has 2 aliphatic rings. The Kier molecular flexibility index (Phi) is 1.17. The molecule has 0 saturated heterocycles. The lowest BCUT2D eigenvalue weighted by molar-refractivity contribution is -0.149. The third kappa shape index (κ3) is 0.753. The van der Waals surface area contributed by atoms with E-state index >= 15 is 0 Å². The quantitative estimate of drug-likeness (QED) is 0.580. The molecule has 1 saturated carbocycles. The van der Waals surface area contributed by atoms with Crippen LogP contribution in [0.1, 0.15) is 19.8 Å². The molecule has 0 heterocycles. The summed E-state index contributed by atoms with van der Waals surface area (Å²) in [6.45, 7) is 1.86. The van der Waals surface area contributed by atoms with Crippen LogP contribution in [0.4, 0.5) is 0 Å². The maximum absolute atomic E-state index is 10.9. The van der Waals surface area contributed by atoms with Crippen LogP contribution < -0.4 is 0 Å². The maximum atomic E-state index is 10.9. The van der Waals surface area contributed by atoms with E-state index in [1.165, 1.54) is 0 Å². The summed E-state index contributed by atoms with van der Waals surface area (Å²) in [7, 11) is 0. The second-order valence-corrected chi connectivity index (χ2v) is 3.91. The molecular formula is C9H12O2. The van der Waals surface area contributed by atoms with Crippen molar-refractivity contribution in [2.24, 2.45) is 17.3 Å². The molecule has 60 valence electrons. The largest absolute Gasteiger partial charge is 0.481 e. The minimum Gasteiger partial charge on any atom is -0.481 e. The van der Waals surface area contributed by atoms with Gasteiger partial charge < -0.3 is 5.11 Å². The molecule has 2 rings (SSSR count). The van der Waals surface area contributed by atoms with Crippen LogP contribution in [-0.2, 0) is 4.79 Å². The first kappa shape index (κ1) is 6.89. The highest BCUT2D eigenvalue weighted by Gasteiger charge is 2.50. The monoisotopic (exact) mass is 152 g/mol. The number of fused-ring (bicyclic) bond motifs is 2. The van der Waals surface area contributed by atoms with Gasteiger partial charge in [0.15, 0.2) is 0 Å². The van der Waals surface area contributed by atoms with Crippen molar-refractivity contribution < 1.29 is 9.90 Å². The van der Waals surface area contributed by atoms with Gasteiger partial charge in [-0.2, -0.15) is 0 Å². The topological polar surface area (TPSA) is 37.3 Å². The smallest absolute Gasteiger partial charge is 0.309 e. The van der Waals surface area contributed by atoms with Gasteiger partial charge in [-0.3, -0.25) is 4.79 Å². The molecule has 2 nitrogen and oxygen atoms in total. The standard InChI is InChI=1S/C9H12O2/c1-9(8(10)11)5-6-2-3-7(9)4-6/h2-3,6-7H,4-5H2,1H3,(H,10,11)/t6-,7-,9-/m0/s1. The third-order valence-corrected chi connectivity index (χ3v) is 3.17. The number of hydrogen-bond donors (Lipinski definition) is 1. The number of rotatable bonds is 1. The second kappa shape index (κ2) is 1.87. The molecule has 11 heavy (non-hydrogen) atoms. The minimum absolute atomic E-state index is 0.296. The predicted octanol–water partition coefficient (Wildman–Crippen LogP) is 1.67. The van der Waals surface area contributed by atoms with E-state index in [9.17, 15) is 4.79 Å². The number of allylic oxidation sites excluding steroid dienone is 2. The van der Waals surface area contributed by atoms with E-state index in [1.807, 2.05) is 6.92 Å². The lowest BCUT2D eigenvalue weighted by Crippen LogP contribution is -2.31. The van der Waals surface area contributed by atoms with Gasteiger partial charge in [-0.15, -0.1) is 0 Å². The summed E-state index contributed by atoms with van der Waals surface area (Å²) in [5.41, 5.74) is -0.459. The van der Waals surface area contributed by atoms with Crippen molar-refractivity contribution in [2.75, 3.05) is 0 Å². The van der Waals surface area contributed by atoms with Crippen LogP contribution in [0.5, 0.6) is 0 Å². The van der Waals surface area contributed by atoms with Crippen molar-refractivity contribution in [1.29, 1.82) is 0 Å². The number of hydrogen-bond acceptors (Lipinski definition) is 1. The highest BCUT2D eigenvalue weighted by Crippen LogP contribution is 2.51. The molecule has 2 aliphatic carbocycles. The molecule has 1 N–H and O–H groups in total. The summed E-state index contributed by atoms with van der Waals surface area (Å²) in [6.07, 6.45) is 6.13. The van der Waals surface area contributed by atoms with Crippen LogP contribution in [0.25, 0.3) is 0 Å². The highest BCUT2D eigenvalue weighted by molar-refractivity contribution is 5.76. The van der Waals surface area contributed by atoms with E-state index in [1.54, 1.807) is 0 Å². The molecule has 0 aromatic heterocycles. The fourth-order valence-corrected chi connectivity index (χ4v) is 2.34. The minimum atomic E-state index is -0.630. The highest BCUT2D eigenvalue weighted by atomic mass is 16.4. The van der Waals surface area contributed by atoms with E-state index < -0.39 is 11.4 Å². The van der Waals surface area contributed by atoms with Gasteiger partial charge in [0.25, 0.3) is 0 Å². The van der Waals surface area contributed by atoms with Crippen molar-refractivity contribution in [2.45, 2.75) is 19.8 Å². The van der Waals surface area contributed by atoms with Crippen molar-refractivity contribution >= 4 is 5.97 Å². The second-order valence-electron chi connectivity index (χ2n) is 3.91. The summed E-state index contributed by atoms with van der Waals surface area (Å²) in [4.78, 5) is 10.9. The van der Waals surface area contributed by atoms with Crippen LogP contribution in [0.2, 0.25) is 0 Å². The number of carboxylic acid groups (broad SMARTS) is 1. The number of carbonyl (C=O) groups is 1. The van der Waals surface area contributed by atoms with Gasteiger partial charge in [0.1, 0.15) is 0 Å². The first-order valence-corrected chi connectivity index (χ1v) is 4.04. The number of aliphatic carboxylic acids is 1. The molecule has 3 atom stereocenters. The Morgan fingerprint density at radius 1 is 1.64 bits per heavy atom. The van der Waals surface area contributed by atoms with Gasteiger partial charge in [0.2, 0.25) is 0 Å². The summed E-state index contributed by atoms with van der Waals surface area (Å²) in [5, 5.41) is 8.96. The van der Waals surface area contributed by atoms with E-state index in [2.05, 4.69) is 12.2 Å².